The van der Waals surface area contributed by atoms with Crippen molar-refractivity contribution in [1.29, 1.82) is 0 Å². The highest BCUT2D eigenvalue weighted by molar-refractivity contribution is 9.10. The standard InChI is InChI=1S/C17H23BrO4/c1-17(2,16(19)20)10-12-13(18)8-9-14(21-3)15(12)22-11-6-4-5-7-11/h8-9,11H,4-7,10H2,1-3H3,(H,19,20). The van der Waals surface area contributed by atoms with E-state index in [1.807, 2.05) is 12.1 Å². The molecule has 5 heteroatoms. The van der Waals surface area contributed by atoms with Crippen molar-refractivity contribution in [1.82, 2.24) is 0 Å². The van der Waals surface area contributed by atoms with Gasteiger partial charge in [-0.3, -0.25) is 4.79 Å². The Morgan fingerprint density at radius 2 is 2.00 bits per heavy atom. The lowest BCUT2D eigenvalue weighted by molar-refractivity contribution is -0.146. The number of hydrogen-bond donors (Lipinski definition) is 1. The van der Waals surface area contributed by atoms with E-state index in [1.165, 1.54) is 12.8 Å². The molecule has 0 radical (unpaired) electrons. The molecule has 4 nitrogen and oxygen atoms in total. The summed E-state index contributed by atoms with van der Waals surface area (Å²) >= 11 is 3.53. The van der Waals surface area contributed by atoms with Crippen LogP contribution >= 0.6 is 15.9 Å². The Balaban J connectivity index is 2.39. The zero-order valence-corrected chi connectivity index (χ0v) is 14.9. The Hall–Kier alpha value is -1.23. The smallest absolute Gasteiger partial charge is 0.309 e. The van der Waals surface area contributed by atoms with Gasteiger partial charge in [0.05, 0.1) is 18.6 Å². The molecule has 0 amide bonds. The molecule has 1 fully saturated rings. The van der Waals surface area contributed by atoms with Gasteiger partial charge in [0.15, 0.2) is 11.5 Å². The fourth-order valence-corrected chi connectivity index (χ4v) is 3.18. The first-order valence-corrected chi connectivity index (χ1v) is 8.40. The molecule has 22 heavy (non-hydrogen) atoms. The van der Waals surface area contributed by atoms with Gasteiger partial charge in [0.25, 0.3) is 0 Å². The van der Waals surface area contributed by atoms with Crippen molar-refractivity contribution in [2.24, 2.45) is 5.41 Å². The third-order valence-electron chi connectivity index (χ3n) is 4.17. The highest BCUT2D eigenvalue weighted by atomic mass is 79.9. The number of carboxylic acid groups (broad SMARTS) is 1. The molecule has 0 aromatic heterocycles. The maximum atomic E-state index is 11.5. The van der Waals surface area contributed by atoms with E-state index in [9.17, 15) is 9.90 Å². The van der Waals surface area contributed by atoms with E-state index in [0.29, 0.717) is 17.9 Å². The summed E-state index contributed by atoms with van der Waals surface area (Å²) in [5.74, 6) is 0.512. The fraction of sp³-hybridized carbons (Fsp3) is 0.588. The second kappa shape index (κ2) is 6.90. The molecule has 0 atom stereocenters. The number of ether oxygens (including phenoxy) is 2. The molecule has 122 valence electrons. The Bertz CT molecular complexity index is 548. The molecular weight excluding hydrogens is 348 g/mol. The molecule has 0 bridgehead atoms. The van der Waals surface area contributed by atoms with Crippen molar-refractivity contribution in [3.63, 3.8) is 0 Å². The van der Waals surface area contributed by atoms with Crippen molar-refractivity contribution in [3.05, 3.63) is 22.2 Å². The summed E-state index contributed by atoms with van der Waals surface area (Å²) < 4.78 is 12.5. The first-order chi connectivity index (χ1) is 10.3. The van der Waals surface area contributed by atoms with E-state index in [1.54, 1.807) is 21.0 Å². The zero-order valence-electron chi connectivity index (χ0n) is 13.3. The Labute approximate surface area is 139 Å². The second-order valence-corrected chi connectivity index (χ2v) is 7.30. The van der Waals surface area contributed by atoms with E-state index < -0.39 is 11.4 Å². The molecule has 0 unspecified atom stereocenters. The van der Waals surface area contributed by atoms with Crippen molar-refractivity contribution in [3.8, 4) is 11.5 Å². The van der Waals surface area contributed by atoms with Gasteiger partial charge in [0, 0.05) is 10.0 Å². The largest absolute Gasteiger partial charge is 0.493 e. The number of carboxylic acids is 1. The Morgan fingerprint density at radius 1 is 1.36 bits per heavy atom. The van der Waals surface area contributed by atoms with Gasteiger partial charge in [0.2, 0.25) is 0 Å². The van der Waals surface area contributed by atoms with Crippen LogP contribution in [0.5, 0.6) is 11.5 Å². The van der Waals surface area contributed by atoms with E-state index in [0.717, 1.165) is 22.9 Å². The normalized spacial score (nSPS) is 15.8. The van der Waals surface area contributed by atoms with Crippen LogP contribution in [0.4, 0.5) is 0 Å². The second-order valence-electron chi connectivity index (χ2n) is 6.45. The number of halogens is 1. The number of methoxy groups -OCH3 is 1. The molecule has 1 aromatic carbocycles. The van der Waals surface area contributed by atoms with Crippen LogP contribution in [0.2, 0.25) is 0 Å². The highest BCUT2D eigenvalue weighted by Gasteiger charge is 2.31. The van der Waals surface area contributed by atoms with E-state index in [2.05, 4.69) is 15.9 Å². The summed E-state index contributed by atoms with van der Waals surface area (Å²) in [6.45, 7) is 3.45. The number of benzene rings is 1. The average Bonchev–Trinajstić information content (AvgIpc) is 2.96. The van der Waals surface area contributed by atoms with Crippen LogP contribution < -0.4 is 9.47 Å². The fourth-order valence-electron chi connectivity index (χ4n) is 2.73. The molecule has 0 spiro atoms. The number of carbonyl (C=O) groups is 1. The minimum atomic E-state index is -0.872. The van der Waals surface area contributed by atoms with Gasteiger partial charge in [-0.15, -0.1) is 0 Å². The van der Waals surface area contributed by atoms with Crippen molar-refractivity contribution in [2.75, 3.05) is 7.11 Å². The van der Waals surface area contributed by atoms with Gasteiger partial charge in [-0.25, -0.2) is 0 Å². The van der Waals surface area contributed by atoms with Crippen LogP contribution in [0.25, 0.3) is 0 Å². The minimum Gasteiger partial charge on any atom is -0.493 e. The predicted octanol–water partition coefficient (Wildman–Crippen LogP) is 4.43. The molecule has 1 aliphatic rings. The summed E-state index contributed by atoms with van der Waals surface area (Å²) in [7, 11) is 1.61. The van der Waals surface area contributed by atoms with Crippen LogP contribution in [0, 0.1) is 5.41 Å². The first kappa shape index (κ1) is 17.1. The summed E-state index contributed by atoms with van der Waals surface area (Å²) in [6, 6.07) is 3.74. The predicted molar refractivity (Wildman–Crippen MR) is 88.7 cm³/mol. The number of hydrogen-bond acceptors (Lipinski definition) is 3. The van der Waals surface area contributed by atoms with Gasteiger partial charge in [-0.1, -0.05) is 15.9 Å². The number of aliphatic carboxylic acids is 1. The number of rotatable bonds is 6. The third kappa shape index (κ3) is 3.75. The average molecular weight is 371 g/mol. The Kier molecular flexibility index (Phi) is 5.37. The molecule has 0 saturated heterocycles. The van der Waals surface area contributed by atoms with Crippen molar-refractivity contribution >= 4 is 21.9 Å². The molecule has 1 aliphatic carbocycles. The zero-order chi connectivity index (χ0) is 16.3. The van der Waals surface area contributed by atoms with E-state index in [4.69, 9.17) is 9.47 Å². The monoisotopic (exact) mass is 370 g/mol. The molecule has 0 heterocycles. The first-order valence-electron chi connectivity index (χ1n) is 7.60. The van der Waals surface area contributed by atoms with Crippen molar-refractivity contribution < 1.29 is 19.4 Å². The van der Waals surface area contributed by atoms with E-state index >= 15 is 0 Å². The summed E-state index contributed by atoms with van der Waals surface area (Å²) in [5, 5.41) is 9.41. The quantitative estimate of drug-likeness (QED) is 0.804. The SMILES string of the molecule is COc1ccc(Br)c(CC(C)(C)C(=O)O)c1OC1CCCC1. The lowest BCUT2D eigenvalue weighted by Gasteiger charge is -2.25. The van der Waals surface area contributed by atoms with Crippen LogP contribution in [0.15, 0.2) is 16.6 Å². The lowest BCUT2D eigenvalue weighted by Crippen LogP contribution is -2.27. The summed E-state index contributed by atoms with van der Waals surface area (Å²) in [6.07, 6.45) is 5.00. The molecule has 1 saturated carbocycles. The minimum absolute atomic E-state index is 0.190. The van der Waals surface area contributed by atoms with Crippen molar-refractivity contribution in [2.45, 2.75) is 52.1 Å². The Morgan fingerprint density at radius 3 is 2.55 bits per heavy atom. The van der Waals surface area contributed by atoms with Gasteiger partial charge in [0.1, 0.15) is 0 Å². The van der Waals surface area contributed by atoms with Crippen LogP contribution in [0.3, 0.4) is 0 Å². The molecule has 0 aliphatic heterocycles. The summed E-state index contributed by atoms with van der Waals surface area (Å²) in [5.41, 5.74) is -0.0125. The highest BCUT2D eigenvalue weighted by Crippen LogP contribution is 2.41. The topological polar surface area (TPSA) is 55.8 Å². The van der Waals surface area contributed by atoms with Gasteiger partial charge < -0.3 is 14.6 Å². The molecule has 2 rings (SSSR count). The summed E-state index contributed by atoms with van der Waals surface area (Å²) in [4.78, 5) is 11.5. The van der Waals surface area contributed by atoms with Gasteiger partial charge >= 0.3 is 5.97 Å². The maximum absolute atomic E-state index is 11.5. The van der Waals surface area contributed by atoms with Gasteiger partial charge in [-0.05, 0) is 58.1 Å². The lowest BCUT2D eigenvalue weighted by atomic mass is 9.85. The van der Waals surface area contributed by atoms with Crippen LogP contribution in [-0.4, -0.2) is 24.3 Å². The molecule has 1 N–H and O–H groups in total. The maximum Gasteiger partial charge on any atom is 0.309 e. The molecular formula is C17H23BrO4. The molecule has 1 aromatic rings. The van der Waals surface area contributed by atoms with E-state index in [-0.39, 0.29) is 6.10 Å². The van der Waals surface area contributed by atoms with Crippen LogP contribution in [0.1, 0.15) is 45.1 Å². The van der Waals surface area contributed by atoms with Crippen LogP contribution in [-0.2, 0) is 11.2 Å². The third-order valence-corrected chi connectivity index (χ3v) is 4.91. The van der Waals surface area contributed by atoms with Gasteiger partial charge in [-0.2, -0.15) is 0 Å².